The lowest BCUT2D eigenvalue weighted by atomic mass is 9.95. The van der Waals surface area contributed by atoms with Crippen LogP contribution in [0.25, 0.3) is 0 Å². The summed E-state index contributed by atoms with van der Waals surface area (Å²) in [7, 11) is 0. The summed E-state index contributed by atoms with van der Waals surface area (Å²) in [6.45, 7) is 2.98. The van der Waals surface area contributed by atoms with Crippen LogP contribution in [0.15, 0.2) is 24.3 Å². The van der Waals surface area contributed by atoms with E-state index in [-0.39, 0.29) is 18.9 Å². The van der Waals surface area contributed by atoms with E-state index in [1.54, 1.807) is 0 Å². The minimum Gasteiger partial charge on any atom is -0.396 e. The van der Waals surface area contributed by atoms with E-state index in [2.05, 4.69) is 34.1 Å². The van der Waals surface area contributed by atoms with Crippen LogP contribution >= 0.6 is 0 Å². The van der Waals surface area contributed by atoms with Crippen molar-refractivity contribution in [2.45, 2.75) is 44.2 Å². The lowest BCUT2D eigenvalue weighted by Crippen LogP contribution is -2.48. The standard InChI is InChI=1S/C19H26N2O2/c22-8-7-19(23)21-12-14-5-6-17(21)13-20(11-14)18-9-15-3-1-2-4-16(15)10-18/h1-4,14,17-18,22H,5-13H2/t14-,17+/m0/s1. The Morgan fingerprint density at radius 2 is 1.78 bits per heavy atom. The van der Waals surface area contributed by atoms with E-state index in [4.69, 9.17) is 5.11 Å². The van der Waals surface area contributed by atoms with Crippen molar-refractivity contribution >= 4 is 5.91 Å². The van der Waals surface area contributed by atoms with Gasteiger partial charge in [-0.3, -0.25) is 9.69 Å². The number of piperidine rings is 1. The molecule has 0 saturated carbocycles. The molecule has 5 rings (SSSR count). The van der Waals surface area contributed by atoms with Gasteiger partial charge in [0, 0.05) is 38.1 Å². The molecule has 4 aliphatic rings. The maximum absolute atomic E-state index is 12.3. The molecule has 3 aliphatic heterocycles. The molecule has 4 nitrogen and oxygen atoms in total. The molecule has 1 aliphatic carbocycles. The molecule has 3 fully saturated rings. The van der Waals surface area contributed by atoms with Gasteiger partial charge in [-0.1, -0.05) is 24.3 Å². The average Bonchev–Trinajstić information content (AvgIpc) is 2.78. The zero-order chi connectivity index (χ0) is 15.8. The van der Waals surface area contributed by atoms with Crippen LogP contribution in [0.3, 0.4) is 0 Å². The third-order valence-electron chi connectivity index (χ3n) is 5.93. The highest BCUT2D eigenvalue weighted by atomic mass is 16.3. The monoisotopic (exact) mass is 314 g/mol. The number of carbonyl (C=O) groups is 1. The number of rotatable bonds is 3. The second-order valence-corrected chi connectivity index (χ2v) is 7.40. The van der Waals surface area contributed by atoms with Crippen LogP contribution in [0.1, 0.15) is 30.4 Å². The van der Waals surface area contributed by atoms with Crippen molar-refractivity contribution in [1.29, 1.82) is 0 Å². The van der Waals surface area contributed by atoms with Gasteiger partial charge >= 0.3 is 0 Å². The molecule has 23 heavy (non-hydrogen) atoms. The lowest BCUT2D eigenvalue weighted by molar-refractivity contribution is -0.136. The molecule has 1 N–H and O–H groups in total. The highest BCUT2D eigenvalue weighted by Gasteiger charge is 2.39. The van der Waals surface area contributed by atoms with E-state index in [0.717, 1.165) is 38.9 Å². The second-order valence-electron chi connectivity index (χ2n) is 7.40. The minimum absolute atomic E-state index is 0.0334. The quantitative estimate of drug-likeness (QED) is 0.918. The first-order valence-electron chi connectivity index (χ1n) is 8.95. The molecule has 2 atom stereocenters. The van der Waals surface area contributed by atoms with Gasteiger partial charge in [-0.2, -0.15) is 0 Å². The molecule has 0 spiro atoms. The number of hydrogen-bond acceptors (Lipinski definition) is 3. The molecule has 0 radical (unpaired) electrons. The third-order valence-corrected chi connectivity index (χ3v) is 5.93. The molecule has 1 amide bonds. The van der Waals surface area contributed by atoms with Gasteiger partial charge in [-0.15, -0.1) is 0 Å². The van der Waals surface area contributed by atoms with Crippen molar-refractivity contribution < 1.29 is 9.90 Å². The number of fused-ring (bicyclic) bond motifs is 5. The fourth-order valence-corrected chi connectivity index (χ4v) is 4.75. The molecule has 124 valence electrons. The summed E-state index contributed by atoms with van der Waals surface area (Å²) < 4.78 is 0. The largest absolute Gasteiger partial charge is 0.396 e. The van der Waals surface area contributed by atoms with Gasteiger partial charge in [0.25, 0.3) is 0 Å². The van der Waals surface area contributed by atoms with Crippen LogP contribution < -0.4 is 0 Å². The van der Waals surface area contributed by atoms with Crippen LogP contribution in [0, 0.1) is 5.92 Å². The maximum atomic E-state index is 12.3. The summed E-state index contributed by atoms with van der Waals surface area (Å²) in [5.41, 5.74) is 3.00. The predicted molar refractivity (Wildman–Crippen MR) is 89.1 cm³/mol. The molecule has 3 saturated heterocycles. The predicted octanol–water partition coefficient (Wildman–Crippen LogP) is 1.46. The third kappa shape index (κ3) is 2.90. The Kier molecular flexibility index (Phi) is 4.12. The zero-order valence-corrected chi connectivity index (χ0v) is 13.7. The van der Waals surface area contributed by atoms with E-state index in [9.17, 15) is 4.79 Å². The number of hydrogen-bond donors (Lipinski definition) is 1. The Hall–Kier alpha value is -1.39. The Labute approximate surface area is 138 Å². The van der Waals surface area contributed by atoms with Gasteiger partial charge in [-0.25, -0.2) is 0 Å². The van der Waals surface area contributed by atoms with Crippen molar-refractivity contribution in [3.05, 3.63) is 35.4 Å². The minimum atomic E-state index is -0.0334. The number of amides is 1. The van der Waals surface area contributed by atoms with E-state index in [1.165, 1.54) is 17.5 Å². The summed E-state index contributed by atoms with van der Waals surface area (Å²) in [5.74, 6) is 0.735. The normalized spacial score (nSPS) is 28.0. The van der Waals surface area contributed by atoms with Crippen LogP contribution in [0.4, 0.5) is 0 Å². The van der Waals surface area contributed by atoms with Crippen molar-refractivity contribution in [2.24, 2.45) is 5.92 Å². The summed E-state index contributed by atoms with van der Waals surface area (Å²) in [6, 6.07) is 9.75. The average molecular weight is 314 g/mol. The van der Waals surface area contributed by atoms with E-state index in [1.807, 2.05) is 0 Å². The molecule has 0 unspecified atom stereocenters. The molecule has 1 aromatic carbocycles. The van der Waals surface area contributed by atoms with E-state index in [0.29, 0.717) is 18.0 Å². The molecule has 0 aromatic heterocycles. The Morgan fingerprint density at radius 1 is 1.04 bits per heavy atom. The molecule has 1 aromatic rings. The van der Waals surface area contributed by atoms with Gasteiger partial charge in [0.15, 0.2) is 0 Å². The second kappa shape index (κ2) is 6.25. The Balaban J connectivity index is 1.48. The molecule has 4 heteroatoms. The fourth-order valence-electron chi connectivity index (χ4n) is 4.75. The van der Waals surface area contributed by atoms with Crippen molar-refractivity contribution in [1.82, 2.24) is 9.80 Å². The van der Waals surface area contributed by atoms with Crippen molar-refractivity contribution in [3.8, 4) is 0 Å². The highest BCUT2D eigenvalue weighted by molar-refractivity contribution is 5.76. The van der Waals surface area contributed by atoms with Crippen molar-refractivity contribution in [2.75, 3.05) is 26.2 Å². The maximum Gasteiger partial charge on any atom is 0.225 e. The number of carbonyl (C=O) groups excluding carboxylic acids is 1. The lowest BCUT2D eigenvalue weighted by Gasteiger charge is -2.36. The number of aliphatic hydroxyl groups is 1. The Morgan fingerprint density at radius 3 is 2.48 bits per heavy atom. The van der Waals surface area contributed by atoms with E-state index >= 15 is 0 Å². The first-order chi connectivity index (χ1) is 11.2. The Bertz CT molecular complexity index is 563. The number of aliphatic hydroxyl groups excluding tert-OH is 1. The van der Waals surface area contributed by atoms with E-state index < -0.39 is 0 Å². The van der Waals surface area contributed by atoms with Gasteiger partial charge in [-0.05, 0) is 42.7 Å². The highest BCUT2D eigenvalue weighted by Crippen LogP contribution is 2.33. The molecular formula is C19H26N2O2. The number of nitrogens with zero attached hydrogens (tertiary/aromatic N) is 2. The van der Waals surface area contributed by atoms with Gasteiger partial charge < -0.3 is 10.0 Å². The summed E-state index contributed by atoms with van der Waals surface area (Å²) in [4.78, 5) is 17.0. The summed E-state index contributed by atoms with van der Waals surface area (Å²) in [5, 5.41) is 9.07. The van der Waals surface area contributed by atoms with Crippen LogP contribution in [0.5, 0.6) is 0 Å². The summed E-state index contributed by atoms with van der Waals surface area (Å²) >= 11 is 0. The van der Waals surface area contributed by atoms with Gasteiger partial charge in [0.05, 0.1) is 6.61 Å². The first kappa shape index (κ1) is 15.2. The summed E-state index contributed by atoms with van der Waals surface area (Å²) in [6.07, 6.45) is 4.94. The SMILES string of the molecule is O=C(CCO)N1C[C@H]2CC[C@@H]1CN(C1Cc3ccccc3C1)C2. The van der Waals surface area contributed by atoms with Crippen LogP contribution in [0.2, 0.25) is 0 Å². The van der Waals surface area contributed by atoms with Crippen molar-refractivity contribution in [3.63, 3.8) is 0 Å². The number of benzene rings is 1. The zero-order valence-electron chi connectivity index (χ0n) is 13.7. The fraction of sp³-hybridized carbons (Fsp3) is 0.632. The first-order valence-corrected chi connectivity index (χ1v) is 8.95. The van der Waals surface area contributed by atoms with Gasteiger partial charge in [0.1, 0.15) is 0 Å². The van der Waals surface area contributed by atoms with Crippen LogP contribution in [-0.4, -0.2) is 59.1 Å². The smallest absolute Gasteiger partial charge is 0.225 e. The molecule has 3 heterocycles. The topological polar surface area (TPSA) is 43.8 Å². The van der Waals surface area contributed by atoms with Crippen LogP contribution in [-0.2, 0) is 17.6 Å². The molecular weight excluding hydrogens is 288 g/mol. The molecule has 2 bridgehead atoms. The van der Waals surface area contributed by atoms with Gasteiger partial charge in [0.2, 0.25) is 5.91 Å².